The molecule has 3 aliphatic carbocycles. The topological polar surface area (TPSA) is 174 Å². The first-order valence-corrected chi connectivity index (χ1v) is 11.5. The van der Waals surface area contributed by atoms with E-state index in [2.05, 4.69) is 11.6 Å². The van der Waals surface area contributed by atoms with Gasteiger partial charge in [0, 0.05) is 29.2 Å². The van der Waals surface area contributed by atoms with Gasteiger partial charge in [-0.15, -0.1) is 0 Å². The van der Waals surface area contributed by atoms with Gasteiger partial charge in [0.2, 0.25) is 5.78 Å². The van der Waals surface area contributed by atoms with Crippen molar-refractivity contribution in [3.05, 3.63) is 71.1 Å². The molecule has 0 unspecified atom stereocenters. The van der Waals surface area contributed by atoms with Crippen molar-refractivity contribution in [2.45, 2.75) is 18.1 Å². The number of carbonyl (C=O) groups excluding carboxylic acids is 3. The van der Waals surface area contributed by atoms with Crippen molar-refractivity contribution in [1.82, 2.24) is 9.88 Å². The highest BCUT2D eigenvalue weighted by molar-refractivity contribution is 6.25. The third-order valence-corrected chi connectivity index (χ3v) is 7.64. The number of Topliss-reactive ketones (excluding diaryl/α,β-unsaturated/α-hetero) is 2. The number of rotatable bonds is 3. The Morgan fingerprint density at radius 2 is 1.81 bits per heavy atom. The van der Waals surface area contributed by atoms with Crippen LogP contribution < -0.4 is 5.73 Å². The average Bonchev–Trinajstić information content (AvgIpc) is 2.84. The molecule has 190 valence electrons. The minimum absolute atomic E-state index is 0.0622. The summed E-state index contributed by atoms with van der Waals surface area (Å²) in [4.78, 5) is 44.8. The maximum absolute atomic E-state index is 13.9. The highest BCUT2D eigenvalue weighted by atomic mass is 16.3. The Bertz CT molecular complexity index is 1470. The SMILES string of the molecule is C=C1c2ccc(-c3ccccn3)c(O)c2C(O)=C2C(=O)[C@]3(O)C(O)=C(C(N)=O)C(=O)[C@@H](N(C)C)[C@@H]3C[C@H]12. The molecular weight excluding hydrogens is 478 g/mol. The van der Waals surface area contributed by atoms with Crippen LogP contribution in [-0.2, 0) is 14.4 Å². The molecule has 0 saturated heterocycles. The smallest absolute Gasteiger partial charge is 0.255 e. The highest BCUT2D eigenvalue weighted by Gasteiger charge is 2.64. The number of ketones is 2. The molecule has 1 heterocycles. The van der Waals surface area contributed by atoms with E-state index in [0.29, 0.717) is 22.4 Å². The number of hydrogen-bond donors (Lipinski definition) is 5. The lowest BCUT2D eigenvalue weighted by Gasteiger charge is -2.50. The second-order valence-electron chi connectivity index (χ2n) is 9.74. The second-order valence-corrected chi connectivity index (χ2v) is 9.74. The number of aromatic hydroxyl groups is 1. The predicted molar refractivity (Wildman–Crippen MR) is 133 cm³/mol. The number of phenols is 1. The predicted octanol–water partition coefficient (Wildman–Crippen LogP) is 1.50. The quantitative estimate of drug-likeness (QED) is 0.389. The van der Waals surface area contributed by atoms with Crippen LogP contribution in [-0.4, -0.2) is 73.5 Å². The van der Waals surface area contributed by atoms with Gasteiger partial charge in [-0.2, -0.15) is 0 Å². The molecule has 1 fully saturated rings. The van der Waals surface area contributed by atoms with Crippen molar-refractivity contribution in [2.24, 2.45) is 17.6 Å². The Balaban J connectivity index is 1.76. The molecule has 6 N–H and O–H groups in total. The average molecular weight is 504 g/mol. The molecule has 0 bridgehead atoms. The number of fused-ring (bicyclic) bond motifs is 3. The molecule has 0 spiro atoms. The Morgan fingerprint density at radius 1 is 1.14 bits per heavy atom. The first kappa shape index (κ1) is 24.4. The van der Waals surface area contributed by atoms with Crippen molar-refractivity contribution in [3.63, 3.8) is 0 Å². The number of primary amides is 1. The van der Waals surface area contributed by atoms with E-state index in [0.717, 1.165) is 0 Å². The van der Waals surface area contributed by atoms with Crippen molar-refractivity contribution in [2.75, 3.05) is 14.1 Å². The Labute approximate surface area is 211 Å². The largest absolute Gasteiger partial charge is 0.508 e. The fourth-order valence-corrected chi connectivity index (χ4v) is 5.92. The van der Waals surface area contributed by atoms with Crippen LogP contribution in [0, 0.1) is 11.8 Å². The van der Waals surface area contributed by atoms with Gasteiger partial charge in [-0.3, -0.25) is 24.3 Å². The zero-order valence-electron chi connectivity index (χ0n) is 20.1. The fraction of sp³-hybridized carbons (Fsp3) is 0.259. The van der Waals surface area contributed by atoms with Gasteiger partial charge >= 0.3 is 0 Å². The van der Waals surface area contributed by atoms with Crippen LogP contribution >= 0.6 is 0 Å². The monoisotopic (exact) mass is 503 g/mol. The van der Waals surface area contributed by atoms with Crippen LogP contribution in [0.4, 0.5) is 0 Å². The van der Waals surface area contributed by atoms with Crippen molar-refractivity contribution >= 4 is 28.8 Å². The maximum Gasteiger partial charge on any atom is 0.255 e. The van der Waals surface area contributed by atoms with Crippen LogP contribution in [0.5, 0.6) is 5.75 Å². The zero-order chi connectivity index (χ0) is 27.0. The lowest BCUT2D eigenvalue weighted by molar-refractivity contribution is -0.152. The Kier molecular flexibility index (Phi) is 5.36. The van der Waals surface area contributed by atoms with Crippen molar-refractivity contribution in [3.8, 4) is 17.0 Å². The van der Waals surface area contributed by atoms with Gasteiger partial charge < -0.3 is 26.2 Å². The number of aliphatic hydroxyl groups is 3. The van der Waals surface area contributed by atoms with Crippen molar-refractivity contribution < 1.29 is 34.8 Å². The molecule has 1 aromatic heterocycles. The number of phenolic OH excluding ortho intramolecular Hbond substituents is 1. The molecule has 5 rings (SSSR count). The van der Waals surface area contributed by atoms with Gasteiger partial charge in [-0.1, -0.05) is 18.7 Å². The molecule has 10 nitrogen and oxygen atoms in total. The van der Waals surface area contributed by atoms with Gasteiger partial charge in [-0.05, 0) is 49.9 Å². The van der Waals surface area contributed by atoms with Gasteiger partial charge in [0.05, 0.1) is 17.3 Å². The molecule has 0 aliphatic heterocycles. The lowest BCUT2D eigenvalue weighted by atomic mass is 9.56. The summed E-state index contributed by atoms with van der Waals surface area (Å²) in [5.41, 5.74) is 2.92. The van der Waals surface area contributed by atoms with Crippen LogP contribution in [0.15, 0.2) is 60.0 Å². The highest BCUT2D eigenvalue weighted by Crippen LogP contribution is 2.56. The lowest BCUT2D eigenvalue weighted by Crippen LogP contribution is -2.65. The Hall–Kier alpha value is -4.28. The number of allylic oxidation sites excluding steroid dienone is 1. The fourth-order valence-electron chi connectivity index (χ4n) is 5.92. The number of pyridine rings is 1. The molecule has 2 aromatic rings. The van der Waals surface area contributed by atoms with Gasteiger partial charge in [0.25, 0.3) is 5.91 Å². The van der Waals surface area contributed by atoms with Crippen LogP contribution in [0.3, 0.4) is 0 Å². The molecule has 0 radical (unpaired) electrons. The van der Waals surface area contributed by atoms with E-state index in [1.807, 2.05) is 0 Å². The molecule has 37 heavy (non-hydrogen) atoms. The standard InChI is InChI=1S/C27H25N3O7/c1-11-12-7-8-13(16-6-4-5-9-29-16)21(31)17(12)22(32)18-14(11)10-15-20(30(2)3)23(33)19(26(28)36)25(35)27(15,37)24(18)34/h4-9,14-15,20,31-32,35,37H,1,10H2,2-3H3,(H2,28,36)/t14-,15+,20+,27+/m1/s1. The van der Waals surface area contributed by atoms with Crippen LogP contribution in [0.2, 0.25) is 0 Å². The second kappa shape index (κ2) is 8.12. The number of nitrogens with zero attached hydrogens (tertiary/aromatic N) is 2. The molecule has 4 atom stereocenters. The number of amides is 1. The molecule has 10 heteroatoms. The van der Waals surface area contributed by atoms with Gasteiger partial charge in [-0.25, -0.2) is 0 Å². The van der Waals surface area contributed by atoms with E-state index >= 15 is 0 Å². The van der Waals surface area contributed by atoms with E-state index in [1.54, 1.807) is 50.6 Å². The number of aromatic nitrogens is 1. The zero-order valence-corrected chi connectivity index (χ0v) is 20.1. The molecule has 1 aromatic carbocycles. The number of benzene rings is 1. The summed E-state index contributed by atoms with van der Waals surface area (Å²) < 4.78 is 0. The normalized spacial score (nSPS) is 27.2. The van der Waals surface area contributed by atoms with Gasteiger partial charge in [0.15, 0.2) is 11.4 Å². The third kappa shape index (κ3) is 3.12. The molecule has 3 aliphatic rings. The number of aliphatic hydroxyl groups excluding tert-OH is 2. The number of hydrogen-bond acceptors (Lipinski definition) is 9. The van der Waals surface area contributed by atoms with Crippen molar-refractivity contribution in [1.29, 1.82) is 0 Å². The summed E-state index contributed by atoms with van der Waals surface area (Å²) in [6.07, 6.45) is 1.48. The van der Waals surface area contributed by atoms with Crippen LogP contribution in [0.25, 0.3) is 22.6 Å². The summed E-state index contributed by atoms with van der Waals surface area (Å²) in [6, 6.07) is 7.22. The number of likely N-dealkylation sites (N-methyl/N-ethyl adjacent to an activating group) is 1. The summed E-state index contributed by atoms with van der Waals surface area (Å²) in [5, 5.41) is 45.1. The minimum Gasteiger partial charge on any atom is -0.508 e. The molecular formula is C27H25N3O7. The maximum atomic E-state index is 13.9. The summed E-state index contributed by atoms with van der Waals surface area (Å²) >= 11 is 0. The molecule has 1 amide bonds. The van der Waals surface area contributed by atoms with E-state index in [4.69, 9.17) is 5.73 Å². The number of carbonyl (C=O) groups is 3. The Morgan fingerprint density at radius 3 is 2.41 bits per heavy atom. The number of nitrogens with two attached hydrogens (primary N) is 1. The molecule has 1 saturated carbocycles. The summed E-state index contributed by atoms with van der Waals surface area (Å²) in [7, 11) is 3.08. The van der Waals surface area contributed by atoms with Gasteiger partial charge in [0.1, 0.15) is 22.8 Å². The first-order chi connectivity index (χ1) is 17.4. The summed E-state index contributed by atoms with van der Waals surface area (Å²) in [5.74, 6) is -7.28. The third-order valence-electron chi connectivity index (χ3n) is 7.64. The van der Waals surface area contributed by atoms with Crippen LogP contribution in [0.1, 0.15) is 17.5 Å². The van der Waals surface area contributed by atoms with E-state index in [-0.39, 0.29) is 23.3 Å². The minimum atomic E-state index is -2.71. The van der Waals surface area contributed by atoms with E-state index in [9.17, 15) is 34.8 Å². The van der Waals surface area contributed by atoms with E-state index in [1.165, 1.54) is 4.90 Å². The summed E-state index contributed by atoms with van der Waals surface area (Å²) in [6.45, 7) is 4.11. The first-order valence-electron chi connectivity index (χ1n) is 11.5. The van der Waals surface area contributed by atoms with E-state index < -0.39 is 58.0 Å².